The van der Waals surface area contributed by atoms with Crippen molar-refractivity contribution in [2.45, 2.75) is 26.4 Å². The summed E-state index contributed by atoms with van der Waals surface area (Å²) >= 11 is 0. The molecule has 2 rings (SSSR count). The first-order chi connectivity index (χ1) is 10.7. The molecular formula is C19H26N2O. The molecule has 118 valence electrons. The Morgan fingerprint density at radius 3 is 2.36 bits per heavy atom. The highest BCUT2D eigenvalue weighted by Gasteiger charge is 2.17. The predicted octanol–water partition coefficient (Wildman–Crippen LogP) is 3.56. The lowest BCUT2D eigenvalue weighted by Gasteiger charge is -2.30. The van der Waals surface area contributed by atoms with Crippen LogP contribution in [0.4, 0.5) is 0 Å². The first kappa shape index (κ1) is 16.5. The zero-order valence-electron chi connectivity index (χ0n) is 13.5. The van der Waals surface area contributed by atoms with Crippen molar-refractivity contribution < 1.29 is 5.11 Å². The lowest BCUT2D eigenvalue weighted by Crippen LogP contribution is -2.35. The summed E-state index contributed by atoms with van der Waals surface area (Å²) < 4.78 is 0. The molecule has 2 aromatic carbocycles. The molecule has 0 fully saturated rings. The lowest BCUT2D eigenvalue weighted by molar-refractivity contribution is 0.213. The molecule has 0 saturated heterocycles. The molecule has 1 unspecified atom stereocenters. The van der Waals surface area contributed by atoms with E-state index < -0.39 is 0 Å². The standard InChI is InChI=1S/C19H26N2O/c1-3-21(4-2)19(17-10-6-5-7-11-17)15-20-14-16-9-8-12-18(22)13-16/h5-13,19-20,22H,3-4,14-15H2,1-2H3. The SMILES string of the molecule is CCN(CC)C(CNCc1cccc(O)c1)c1ccccc1. The fourth-order valence-corrected chi connectivity index (χ4v) is 2.82. The summed E-state index contributed by atoms with van der Waals surface area (Å²) in [6.45, 7) is 8.12. The maximum absolute atomic E-state index is 9.53. The van der Waals surface area contributed by atoms with E-state index in [9.17, 15) is 5.11 Å². The molecule has 1 atom stereocenters. The fraction of sp³-hybridized carbons (Fsp3) is 0.368. The molecule has 0 bridgehead atoms. The van der Waals surface area contributed by atoms with Crippen LogP contribution in [0.15, 0.2) is 54.6 Å². The highest BCUT2D eigenvalue weighted by atomic mass is 16.3. The van der Waals surface area contributed by atoms with Crippen molar-refractivity contribution in [3.05, 3.63) is 65.7 Å². The summed E-state index contributed by atoms with van der Waals surface area (Å²) in [4.78, 5) is 2.46. The molecule has 0 heterocycles. The molecule has 0 amide bonds. The molecule has 0 spiro atoms. The number of nitrogens with zero attached hydrogens (tertiary/aromatic N) is 1. The highest BCUT2D eigenvalue weighted by molar-refractivity contribution is 5.27. The molecule has 0 aliphatic carbocycles. The minimum absolute atomic E-state index is 0.322. The zero-order valence-corrected chi connectivity index (χ0v) is 13.5. The second-order valence-electron chi connectivity index (χ2n) is 5.45. The first-order valence-corrected chi connectivity index (χ1v) is 8.02. The second kappa shape index (κ2) is 8.57. The zero-order chi connectivity index (χ0) is 15.8. The van der Waals surface area contributed by atoms with Crippen molar-refractivity contribution >= 4 is 0 Å². The summed E-state index contributed by atoms with van der Waals surface area (Å²) in [5.41, 5.74) is 2.45. The van der Waals surface area contributed by atoms with Crippen LogP contribution in [0.5, 0.6) is 5.75 Å². The summed E-state index contributed by atoms with van der Waals surface area (Å²) in [5.74, 6) is 0.322. The first-order valence-electron chi connectivity index (χ1n) is 8.02. The van der Waals surface area contributed by atoms with Gasteiger partial charge in [-0.2, -0.15) is 0 Å². The van der Waals surface area contributed by atoms with Crippen molar-refractivity contribution in [3.63, 3.8) is 0 Å². The summed E-state index contributed by atoms with van der Waals surface area (Å²) in [6, 6.07) is 18.4. The van der Waals surface area contributed by atoms with E-state index in [1.807, 2.05) is 18.2 Å². The van der Waals surface area contributed by atoms with E-state index in [1.165, 1.54) is 5.56 Å². The average molecular weight is 298 g/mol. The number of aromatic hydroxyl groups is 1. The van der Waals surface area contributed by atoms with E-state index >= 15 is 0 Å². The molecule has 3 heteroatoms. The van der Waals surface area contributed by atoms with Gasteiger partial charge in [0, 0.05) is 19.1 Å². The van der Waals surface area contributed by atoms with Gasteiger partial charge in [0.1, 0.15) is 5.75 Å². The molecule has 0 aromatic heterocycles. The quantitative estimate of drug-likeness (QED) is 0.782. The molecular weight excluding hydrogens is 272 g/mol. The van der Waals surface area contributed by atoms with E-state index in [1.54, 1.807) is 6.07 Å². The Morgan fingerprint density at radius 2 is 1.73 bits per heavy atom. The lowest BCUT2D eigenvalue weighted by atomic mass is 10.0. The number of rotatable bonds is 8. The number of hydrogen-bond acceptors (Lipinski definition) is 3. The van der Waals surface area contributed by atoms with Gasteiger partial charge in [-0.1, -0.05) is 56.3 Å². The van der Waals surface area contributed by atoms with Gasteiger partial charge in [-0.25, -0.2) is 0 Å². The number of phenols is 1. The smallest absolute Gasteiger partial charge is 0.115 e. The monoisotopic (exact) mass is 298 g/mol. The van der Waals surface area contributed by atoms with Crippen LogP contribution in [0.2, 0.25) is 0 Å². The van der Waals surface area contributed by atoms with Crippen LogP contribution in [0.1, 0.15) is 31.0 Å². The highest BCUT2D eigenvalue weighted by Crippen LogP contribution is 2.19. The number of phenolic OH excluding ortho intramolecular Hbond substituents is 1. The Morgan fingerprint density at radius 1 is 1.00 bits per heavy atom. The van der Waals surface area contributed by atoms with Crippen LogP contribution in [0.3, 0.4) is 0 Å². The topological polar surface area (TPSA) is 35.5 Å². The summed E-state index contributed by atoms with van der Waals surface area (Å²) in [7, 11) is 0. The maximum Gasteiger partial charge on any atom is 0.115 e. The Labute approximate surface area is 133 Å². The van der Waals surface area contributed by atoms with Gasteiger partial charge in [0.05, 0.1) is 0 Å². The van der Waals surface area contributed by atoms with Crippen molar-refractivity contribution in [1.29, 1.82) is 0 Å². The molecule has 3 nitrogen and oxygen atoms in total. The molecule has 2 N–H and O–H groups in total. The largest absolute Gasteiger partial charge is 0.508 e. The van der Waals surface area contributed by atoms with Crippen molar-refractivity contribution in [3.8, 4) is 5.75 Å². The third-order valence-corrected chi connectivity index (χ3v) is 4.01. The van der Waals surface area contributed by atoms with Gasteiger partial charge in [-0.05, 0) is 36.3 Å². The maximum atomic E-state index is 9.53. The van der Waals surface area contributed by atoms with Gasteiger partial charge in [-0.3, -0.25) is 4.90 Å². The molecule has 0 saturated carbocycles. The Kier molecular flexibility index (Phi) is 6.44. The normalized spacial score (nSPS) is 12.5. The predicted molar refractivity (Wildman–Crippen MR) is 91.9 cm³/mol. The fourth-order valence-electron chi connectivity index (χ4n) is 2.82. The van der Waals surface area contributed by atoms with E-state index in [0.29, 0.717) is 11.8 Å². The van der Waals surface area contributed by atoms with Crippen LogP contribution >= 0.6 is 0 Å². The van der Waals surface area contributed by atoms with E-state index in [2.05, 4.69) is 54.4 Å². The third kappa shape index (κ3) is 4.58. The van der Waals surface area contributed by atoms with Crippen LogP contribution in [-0.4, -0.2) is 29.6 Å². The van der Waals surface area contributed by atoms with Crippen molar-refractivity contribution in [2.24, 2.45) is 0 Å². The Balaban J connectivity index is 2.01. The van der Waals surface area contributed by atoms with Gasteiger partial charge < -0.3 is 10.4 Å². The summed E-state index contributed by atoms with van der Waals surface area (Å²) in [6.07, 6.45) is 0. The second-order valence-corrected chi connectivity index (χ2v) is 5.45. The van der Waals surface area contributed by atoms with Crippen molar-refractivity contribution in [1.82, 2.24) is 10.2 Å². The molecule has 0 aliphatic rings. The van der Waals surface area contributed by atoms with Gasteiger partial charge in [0.15, 0.2) is 0 Å². The van der Waals surface area contributed by atoms with Crippen LogP contribution < -0.4 is 5.32 Å². The van der Waals surface area contributed by atoms with E-state index in [0.717, 1.165) is 31.7 Å². The molecule has 0 radical (unpaired) electrons. The number of hydrogen-bond donors (Lipinski definition) is 2. The minimum Gasteiger partial charge on any atom is -0.508 e. The minimum atomic E-state index is 0.322. The van der Waals surface area contributed by atoms with E-state index in [4.69, 9.17) is 0 Å². The van der Waals surface area contributed by atoms with Gasteiger partial charge in [0.2, 0.25) is 0 Å². The number of nitrogens with one attached hydrogen (secondary N) is 1. The van der Waals surface area contributed by atoms with Crippen LogP contribution in [-0.2, 0) is 6.54 Å². The molecule has 22 heavy (non-hydrogen) atoms. The number of benzene rings is 2. The average Bonchev–Trinajstić information content (AvgIpc) is 2.55. The van der Waals surface area contributed by atoms with Gasteiger partial charge in [0.25, 0.3) is 0 Å². The van der Waals surface area contributed by atoms with Crippen molar-refractivity contribution in [2.75, 3.05) is 19.6 Å². The Hall–Kier alpha value is -1.84. The Bertz CT molecular complexity index is 552. The van der Waals surface area contributed by atoms with Crippen LogP contribution in [0, 0.1) is 0 Å². The molecule has 0 aliphatic heterocycles. The summed E-state index contributed by atoms with van der Waals surface area (Å²) in [5, 5.41) is 13.1. The molecule has 2 aromatic rings. The number of likely N-dealkylation sites (N-methyl/N-ethyl adjacent to an activating group) is 1. The van der Waals surface area contributed by atoms with E-state index in [-0.39, 0.29) is 0 Å². The van der Waals surface area contributed by atoms with Gasteiger partial charge in [-0.15, -0.1) is 0 Å². The van der Waals surface area contributed by atoms with Gasteiger partial charge >= 0.3 is 0 Å². The third-order valence-electron chi connectivity index (χ3n) is 4.01. The van der Waals surface area contributed by atoms with Crippen LogP contribution in [0.25, 0.3) is 0 Å².